The third-order valence-electron chi connectivity index (χ3n) is 3.93. The lowest BCUT2D eigenvalue weighted by Gasteiger charge is -2.37. The molecular formula is C12H20N4OSi. The van der Waals surface area contributed by atoms with Gasteiger partial charge in [0.2, 0.25) is 5.88 Å². The number of rotatable bonds is 2. The van der Waals surface area contributed by atoms with E-state index in [9.17, 15) is 0 Å². The summed E-state index contributed by atoms with van der Waals surface area (Å²) < 4.78 is 7.46. The van der Waals surface area contributed by atoms with Gasteiger partial charge >= 0.3 is 0 Å². The maximum Gasteiger partial charge on any atom is 0.245 e. The van der Waals surface area contributed by atoms with Crippen molar-refractivity contribution in [3.63, 3.8) is 0 Å². The highest BCUT2D eigenvalue weighted by molar-refractivity contribution is 6.79. The summed E-state index contributed by atoms with van der Waals surface area (Å²) >= 11 is 0. The number of aromatic nitrogens is 4. The lowest BCUT2D eigenvalue weighted by molar-refractivity contribution is 0.401. The minimum Gasteiger partial charge on any atom is -0.479 e. The highest BCUT2D eigenvalue weighted by Gasteiger charge is 2.39. The molecule has 0 unspecified atom stereocenters. The minimum atomic E-state index is -1.72. The van der Waals surface area contributed by atoms with Gasteiger partial charge in [-0.1, -0.05) is 33.9 Å². The smallest absolute Gasteiger partial charge is 0.245 e. The summed E-state index contributed by atoms with van der Waals surface area (Å²) in [5, 5.41) is 0.221. The summed E-state index contributed by atoms with van der Waals surface area (Å²) in [4.78, 5) is 12.9. The minimum absolute atomic E-state index is 0.221. The fourth-order valence-corrected chi connectivity index (χ4v) is 3.50. The van der Waals surface area contributed by atoms with Crippen LogP contribution >= 0.6 is 0 Å². The van der Waals surface area contributed by atoms with E-state index in [0.717, 1.165) is 11.2 Å². The van der Waals surface area contributed by atoms with E-state index in [2.05, 4.69) is 53.0 Å². The molecule has 0 saturated carbocycles. The first-order chi connectivity index (χ1) is 8.29. The van der Waals surface area contributed by atoms with Crippen molar-refractivity contribution in [1.82, 2.24) is 19.2 Å². The van der Waals surface area contributed by atoms with Gasteiger partial charge in [-0.05, 0) is 5.04 Å². The quantitative estimate of drug-likeness (QED) is 0.783. The van der Waals surface area contributed by atoms with E-state index in [1.807, 2.05) is 6.33 Å². The Bertz CT molecular complexity index is 571. The molecule has 0 aliphatic rings. The molecule has 0 amide bonds. The summed E-state index contributed by atoms with van der Waals surface area (Å²) in [6.45, 7) is 11.4. The number of hydrogen-bond acceptors (Lipinski definition) is 4. The van der Waals surface area contributed by atoms with E-state index in [4.69, 9.17) is 4.74 Å². The molecule has 2 aromatic rings. The number of ether oxygens (including phenoxy) is 1. The third-order valence-corrected chi connectivity index (χ3v) is 9.13. The molecule has 0 aromatic carbocycles. The Morgan fingerprint density at radius 1 is 1.17 bits per heavy atom. The zero-order valence-corrected chi connectivity index (χ0v) is 12.9. The van der Waals surface area contributed by atoms with Crippen LogP contribution in [-0.4, -0.2) is 34.5 Å². The summed E-state index contributed by atoms with van der Waals surface area (Å²) in [7, 11) is -0.116. The van der Waals surface area contributed by atoms with E-state index in [-0.39, 0.29) is 5.04 Å². The monoisotopic (exact) mass is 264 g/mol. The molecule has 18 heavy (non-hydrogen) atoms. The molecule has 0 saturated heterocycles. The first-order valence-corrected chi connectivity index (χ1v) is 8.96. The molecule has 2 rings (SSSR count). The van der Waals surface area contributed by atoms with Crippen molar-refractivity contribution in [2.75, 3.05) is 7.11 Å². The van der Waals surface area contributed by atoms with Crippen molar-refractivity contribution in [2.45, 2.75) is 38.9 Å². The van der Waals surface area contributed by atoms with Crippen molar-refractivity contribution in [1.29, 1.82) is 0 Å². The normalized spacial score (nSPS) is 13.0. The molecule has 5 nitrogen and oxygen atoms in total. The van der Waals surface area contributed by atoms with Gasteiger partial charge in [-0.25, -0.2) is 9.97 Å². The second-order valence-corrected chi connectivity index (χ2v) is 11.1. The number of fused-ring (bicyclic) bond motifs is 1. The van der Waals surface area contributed by atoms with Gasteiger partial charge in [-0.3, -0.25) is 0 Å². The van der Waals surface area contributed by atoms with Gasteiger partial charge in [0.1, 0.15) is 6.33 Å². The second-order valence-electron chi connectivity index (χ2n) is 5.98. The Balaban J connectivity index is 2.68. The van der Waals surface area contributed by atoms with Crippen LogP contribution in [0.5, 0.6) is 5.88 Å². The van der Waals surface area contributed by atoms with E-state index in [1.165, 1.54) is 6.33 Å². The highest BCUT2D eigenvalue weighted by Crippen LogP contribution is 2.38. The summed E-state index contributed by atoms with van der Waals surface area (Å²) in [6.07, 6.45) is 3.41. The molecule has 0 spiro atoms. The van der Waals surface area contributed by atoms with Gasteiger partial charge in [-0.2, -0.15) is 4.98 Å². The van der Waals surface area contributed by atoms with E-state index in [0.29, 0.717) is 5.88 Å². The van der Waals surface area contributed by atoms with Crippen molar-refractivity contribution >= 4 is 19.4 Å². The summed E-state index contributed by atoms with van der Waals surface area (Å²) in [5.41, 5.74) is 1.61. The maximum atomic E-state index is 5.23. The predicted octanol–water partition coefficient (Wildman–Crippen LogP) is 2.69. The zero-order chi connectivity index (χ0) is 13.6. The third kappa shape index (κ3) is 1.80. The molecule has 98 valence electrons. The summed E-state index contributed by atoms with van der Waals surface area (Å²) in [5.74, 6) is 0.539. The predicted molar refractivity (Wildman–Crippen MR) is 74.5 cm³/mol. The van der Waals surface area contributed by atoms with Crippen molar-refractivity contribution in [3.8, 4) is 5.88 Å². The Hall–Kier alpha value is -1.43. The Labute approximate surface area is 108 Å². The number of hydrogen-bond donors (Lipinski definition) is 0. The largest absolute Gasteiger partial charge is 0.479 e. The molecule has 0 radical (unpaired) electrons. The van der Waals surface area contributed by atoms with Crippen LogP contribution in [0.25, 0.3) is 11.2 Å². The van der Waals surface area contributed by atoms with Gasteiger partial charge in [-0.15, -0.1) is 0 Å². The maximum absolute atomic E-state index is 5.23. The van der Waals surface area contributed by atoms with Crippen LogP contribution in [0.15, 0.2) is 12.7 Å². The SMILES string of the molecule is COc1ncnc2c1ncn2[Si](C)(C)C(C)(C)C. The van der Waals surface area contributed by atoms with Crippen LogP contribution < -0.4 is 4.74 Å². The van der Waals surface area contributed by atoms with Crippen molar-refractivity contribution in [3.05, 3.63) is 12.7 Å². The molecule has 2 heterocycles. The molecule has 6 heteroatoms. The standard InChI is InChI=1S/C12H20N4OSi/c1-12(2,3)18(5,6)16-8-15-9-10(16)13-7-14-11(9)17-4/h7-8H,1-6H3. The van der Waals surface area contributed by atoms with Crippen LogP contribution in [0.1, 0.15) is 20.8 Å². The molecule has 0 aliphatic carbocycles. The Morgan fingerprint density at radius 2 is 1.83 bits per heavy atom. The number of nitrogens with zero attached hydrogens (tertiary/aromatic N) is 4. The highest BCUT2D eigenvalue weighted by atomic mass is 28.3. The molecule has 0 bridgehead atoms. The molecular weight excluding hydrogens is 244 g/mol. The van der Waals surface area contributed by atoms with Crippen molar-refractivity contribution < 1.29 is 4.74 Å². The van der Waals surface area contributed by atoms with E-state index in [1.54, 1.807) is 7.11 Å². The van der Waals surface area contributed by atoms with E-state index >= 15 is 0 Å². The zero-order valence-electron chi connectivity index (χ0n) is 11.9. The van der Waals surface area contributed by atoms with Gasteiger partial charge in [0.25, 0.3) is 0 Å². The van der Waals surface area contributed by atoms with Crippen LogP contribution in [0.4, 0.5) is 0 Å². The molecule has 0 N–H and O–H groups in total. The lowest BCUT2D eigenvalue weighted by Crippen LogP contribution is -2.45. The van der Waals surface area contributed by atoms with E-state index < -0.39 is 8.24 Å². The summed E-state index contributed by atoms with van der Waals surface area (Å²) in [6, 6.07) is 0. The van der Waals surface area contributed by atoms with Crippen LogP contribution in [0.3, 0.4) is 0 Å². The molecule has 0 fully saturated rings. The average Bonchev–Trinajstić information content (AvgIpc) is 2.71. The Kier molecular flexibility index (Phi) is 2.93. The van der Waals surface area contributed by atoms with Gasteiger partial charge in [0.05, 0.1) is 13.4 Å². The first-order valence-electron chi connectivity index (χ1n) is 6.01. The van der Waals surface area contributed by atoms with Gasteiger partial charge in [0, 0.05) is 0 Å². The van der Waals surface area contributed by atoms with Gasteiger partial charge < -0.3 is 8.97 Å². The van der Waals surface area contributed by atoms with Crippen LogP contribution in [0, 0.1) is 0 Å². The fraction of sp³-hybridized carbons (Fsp3) is 0.583. The molecule has 0 atom stereocenters. The van der Waals surface area contributed by atoms with Crippen LogP contribution in [0.2, 0.25) is 18.1 Å². The molecule has 0 aliphatic heterocycles. The Morgan fingerprint density at radius 3 is 2.39 bits per heavy atom. The number of methoxy groups -OCH3 is 1. The van der Waals surface area contributed by atoms with Gasteiger partial charge in [0.15, 0.2) is 19.4 Å². The topological polar surface area (TPSA) is 52.8 Å². The van der Waals surface area contributed by atoms with Crippen LogP contribution in [-0.2, 0) is 0 Å². The fourth-order valence-electron chi connectivity index (χ4n) is 1.73. The second kappa shape index (κ2) is 4.05. The first kappa shape index (κ1) is 13.0. The average molecular weight is 264 g/mol. The molecule has 2 aromatic heterocycles. The van der Waals surface area contributed by atoms with Crippen molar-refractivity contribution in [2.24, 2.45) is 0 Å². The lowest BCUT2D eigenvalue weighted by atomic mass is 10.2. The number of imidazole rings is 1.